The average Bonchev–Trinajstić information content (AvgIpc) is 3.50. The Morgan fingerprint density at radius 2 is 1.79 bits per heavy atom. The number of nitrogens with zero attached hydrogens (tertiary/aromatic N) is 5. The van der Waals surface area contributed by atoms with Gasteiger partial charge in [0.25, 0.3) is 5.89 Å². The summed E-state index contributed by atoms with van der Waals surface area (Å²) in [7, 11) is 0. The summed E-state index contributed by atoms with van der Waals surface area (Å²) in [6.07, 6.45) is 1.86. The van der Waals surface area contributed by atoms with E-state index in [1.165, 1.54) is 5.56 Å². The van der Waals surface area contributed by atoms with Crippen molar-refractivity contribution in [3.05, 3.63) is 83.5 Å². The number of benzene rings is 2. The van der Waals surface area contributed by atoms with Gasteiger partial charge >= 0.3 is 0 Å². The summed E-state index contributed by atoms with van der Waals surface area (Å²) in [5.74, 6) is 0.915. The van der Waals surface area contributed by atoms with Crippen LogP contribution in [0.15, 0.2) is 77.4 Å². The molecule has 0 radical (unpaired) electrons. The van der Waals surface area contributed by atoms with Gasteiger partial charge in [-0.15, -0.1) is 0 Å². The molecule has 0 unspecified atom stereocenters. The van der Waals surface area contributed by atoms with Crippen molar-refractivity contribution in [2.75, 3.05) is 26.2 Å². The fourth-order valence-corrected chi connectivity index (χ4v) is 4.25. The lowest BCUT2D eigenvalue weighted by Gasteiger charge is -2.35. The van der Waals surface area contributed by atoms with Crippen LogP contribution in [0.5, 0.6) is 0 Å². The third kappa shape index (κ3) is 4.99. The summed E-state index contributed by atoms with van der Waals surface area (Å²) >= 11 is 6.07. The summed E-state index contributed by atoms with van der Waals surface area (Å²) < 4.78 is 7.34. The molecule has 1 amide bonds. The number of hydrogen-bond acceptors (Lipinski definition) is 5. The quantitative estimate of drug-likeness (QED) is 0.430. The Hall–Kier alpha value is -3.42. The average molecular weight is 462 g/mol. The summed E-state index contributed by atoms with van der Waals surface area (Å²) in [6.45, 7) is 4.33. The second-order valence-electron chi connectivity index (χ2n) is 8.10. The zero-order valence-corrected chi connectivity index (χ0v) is 18.9. The maximum Gasteiger partial charge on any atom is 0.274 e. The molecule has 1 fully saturated rings. The van der Waals surface area contributed by atoms with Crippen LogP contribution < -0.4 is 0 Å². The van der Waals surface area contributed by atoms with E-state index in [1.54, 1.807) is 12.1 Å². The van der Waals surface area contributed by atoms with Crippen LogP contribution >= 0.6 is 11.6 Å². The van der Waals surface area contributed by atoms with Crippen molar-refractivity contribution in [3.8, 4) is 23.0 Å². The molecule has 0 saturated carbocycles. The van der Waals surface area contributed by atoms with E-state index in [-0.39, 0.29) is 12.5 Å². The number of piperazine rings is 1. The Kier molecular flexibility index (Phi) is 6.24. The van der Waals surface area contributed by atoms with Crippen LogP contribution in [0.25, 0.3) is 23.0 Å². The van der Waals surface area contributed by atoms with Crippen molar-refractivity contribution in [1.29, 1.82) is 0 Å². The SMILES string of the molecule is O=C(Cn1cccc1-c1nc(-c2cccc(Cl)c2)no1)N1CCN(Cc2ccccc2)CC1. The van der Waals surface area contributed by atoms with Gasteiger partial charge in [-0.1, -0.05) is 59.2 Å². The van der Waals surface area contributed by atoms with Gasteiger partial charge < -0.3 is 14.0 Å². The highest BCUT2D eigenvalue weighted by Crippen LogP contribution is 2.24. The molecule has 2 aromatic heterocycles. The minimum Gasteiger partial charge on any atom is -0.339 e. The molecule has 0 N–H and O–H groups in total. The number of aromatic nitrogens is 3. The molecule has 7 nitrogen and oxygen atoms in total. The van der Waals surface area contributed by atoms with Crippen molar-refractivity contribution in [1.82, 2.24) is 24.5 Å². The van der Waals surface area contributed by atoms with Gasteiger partial charge in [0, 0.05) is 49.5 Å². The molecule has 0 bridgehead atoms. The van der Waals surface area contributed by atoms with Gasteiger partial charge in [-0.25, -0.2) is 0 Å². The highest BCUT2D eigenvalue weighted by Gasteiger charge is 2.23. The number of halogens is 1. The number of carbonyl (C=O) groups excluding carboxylic acids is 1. The predicted molar refractivity (Wildman–Crippen MR) is 126 cm³/mol. The van der Waals surface area contributed by atoms with Gasteiger partial charge in [0.2, 0.25) is 11.7 Å². The lowest BCUT2D eigenvalue weighted by molar-refractivity contribution is -0.133. The Morgan fingerprint density at radius 1 is 0.970 bits per heavy atom. The molecule has 1 aliphatic heterocycles. The standard InChI is InChI=1S/C25H24ClN5O2/c26-21-9-4-8-20(16-21)24-27-25(33-28-24)22-10-5-11-31(22)18-23(32)30-14-12-29(13-15-30)17-19-6-2-1-3-7-19/h1-11,16H,12-15,17-18H2. The molecule has 4 aromatic rings. The molecule has 0 atom stereocenters. The first-order valence-corrected chi connectivity index (χ1v) is 11.3. The van der Waals surface area contributed by atoms with Gasteiger partial charge in [-0.3, -0.25) is 9.69 Å². The fourth-order valence-electron chi connectivity index (χ4n) is 4.06. The molecule has 1 saturated heterocycles. The molecule has 5 rings (SSSR count). The number of amides is 1. The molecule has 2 aromatic carbocycles. The van der Waals surface area contributed by atoms with E-state index in [0.717, 1.165) is 38.3 Å². The molecule has 33 heavy (non-hydrogen) atoms. The van der Waals surface area contributed by atoms with E-state index in [4.69, 9.17) is 16.1 Å². The minimum absolute atomic E-state index is 0.0846. The third-order valence-electron chi connectivity index (χ3n) is 5.84. The summed E-state index contributed by atoms with van der Waals surface area (Å²) in [6, 6.07) is 21.5. The van der Waals surface area contributed by atoms with Crippen molar-refractivity contribution in [2.24, 2.45) is 0 Å². The summed E-state index contributed by atoms with van der Waals surface area (Å²) in [5.41, 5.74) is 2.79. The van der Waals surface area contributed by atoms with Crippen LogP contribution in [0.1, 0.15) is 5.56 Å². The van der Waals surface area contributed by atoms with Crippen LogP contribution in [0.2, 0.25) is 5.02 Å². The highest BCUT2D eigenvalue weighted by molar-refractivity contribution is 6.30. The van der Waals surface area contributed by atoms with E-state index >= 15 is 0 Å². The zero-order chi connectivity index (χ0) is 22.6. The largest absolute Gasteiger partial charge is 0.339 e. The van der Waals surface area contributed by atoms with Gasteiger partial charge in [-0.2, -0.15) is 4.98 Å². The van der Waals surface area contributed by atoms with E-state index < -0.39 is 0 Å². The zero-order valence-electron chi connectivity index (χ0n) is 18.1. The smallest absolute Gasteiger partial charge is 0.274 e. The topological polar surface area (TPSA) is 67.4 Å². The maximum atomic E-state index is 13.0. The monoisotopic (exact) mass is 461 g/mol. The first-order chi connectivity index (χ1) is 16.2. The van der Waals surface area contributed by atoms with E-state index in [1.807, 2.05) is 46.0 Å². The van der Waals surface area contributed by atoms with E-state index in [0.29, 0.717) is 22.4 Å². The molecule has 0 spiro atoms. The lowest BCUT2D eigenvalue weighted by atomic mass is 10.2. The van der Waals surface area contributed by atoms with Gasteiger partial charge in [-0.05, 0) is 29.8 Å². The van der Waals surface area contributed by atoms with Crippen LogP contribution in [0, 0.1) is 0 Å². The third-order valence-corrected chi connectivity index (χ3v) is 6.07. The highest BCUT2D eigenvalue weighted by atomic mass is 35.5. The maximum absolute atomic E-state index is 13.0. The Balaban J connectivity index is 1.21. The second-order valence-corrected chi connectivity index (χ2v) is 8.53. The summed E-state index contributed by atoms with van der Waals surface area (Å²) in [4.78, 5) is 21.8. The first kappa shape index (κ1) is 21.4. The van der Waals surface area contributed by atoms with Gasteiger partial charge in [0.15, 0.2) is 0 Å². The van der Waals surface area contributed by atoms with Crippen LogP contribution in [0.4, 0.5) is 0 Å². The molecular weight excluding hydrogens is 438 g/mol. The van der Waals surface area contributed by atoms with E-state index in [9.17, 15) is 4.79 Å². The molecular formula is C25H24ClN5O2. The predicted octanol–water partition coefficient (Wildman–Crippen LogP) is 4.20. The molecule has 3 heterocycles. The van der Waals surface area contributed by atoms with Gasteiger partial charge in [0.05, 0.1) is 0 Å². The van der Waals surface area contributed by atoms with Crippen molar-refractivity contribution >= 4 is 17.5 Å². The Morgan fingerprint density at radius 3 is 2.58 bits per heavy atom. The number of rotatable bonds is 6. The first-order valence-electron chi connectivity index (χ1n) is 10.9. The Bertz CT molecular complexity index is 1230. The fraction of sp³-hybridized carbons (Fsp3) is 0.240. The van der Waals surface area contributed by atoms with E-state index in [2.05, 4.69) is 39.3 Å². The Labute approximate surface area is 197 Å². The normalized spacial score (nSPS) is 14.5. The molecule has 168 valence electrons. The molecule has 8 heteroatoms. The molecule has 1 aliphatic rings. The van der Waals surface area contributed by atoms with Gasteiger partial charge in [0.1, 0.15) is 12.2 Å². The van der Waals surface area contributed by atoms with Crippen molar-refractivity contribution in [3.63, 3.8) is 0 Å². The van der Waals surface area contributed by atoms with Crippen LogP contribution in [-0.4, -0.2) is 56.6 Å². The summed E-state index contributed by atoms with van der Waals surface area (Å²) in [5, 5.41) is 4.69. The number of carbonyl (C=O) groups is 1. The number of hydrogen-bond donors (Lipinski definition) is 0. The van der Waals surface area contributed by atoms with Crippen molar-refractivity contribution in [2.45, 2.75) is 13.1 Å². The van der Waals surface area contributed by atoms with Crippen LogP contribution in [-0.2, 0) is 17.9 Å². The molecule has 0 aliphatic carbocycles. The second kappa shape index (κ2) is 9.60. The minimum atomic E-state index is 0.0846. The van der Waals surface area contributed by atoms with Crippen molar-refractivity contribution < 1.29 is 9.32 Å². The lowest BCUT2D eigenvalue weighted by Crippen LogP contribution is -2.49. The van der Waals surface area contributed by atoms with Crippen LogP contribution in [0.3, 0.4) is 0 Å².